The summed E-state index contributed by atoms with van der Waals surface area (Å²) in [6.07, 6.45) is 2.50. The average Bonchev–Trinajstić information content (AvgIpc) is 3.53. The lowest BCUT2D eigenvalue weighted by Crippen LogP contribution is -2.24. The van der Waals surface area contributed by atoms with Gasteiger partial charge in [-0.3, -0.25) is 9.36 Å². The number of nitrogens with one attached hydrogen (secondary N) is 1. The second kappa shape index (κ2) is 9.79. The third-order valence-corrected chi connectivity index (χ3v) is 4.96. The normalized spacial score (nSPS) is 11.3. The van der Waals surface area contributed by atoms with Crippen molar-refractivity contribution in [2.24, 2.45) is 0 Å². The van der Waals surface area contributed by atoms with Crippen molar-refractivity contribution in [3.8, 4) is 11.5 Å². The highest BCUT2D eigenvalue weighted by atomic mass is 19.4. The molecule has 180 valence electrons. The van der Waals surface area contributed by atoms with Crippen molar-refractivity contribution in [3.63, 3.8) is 0 Å². The Morgan fingerprint density at radius 2 is 1.89 bits per heavy atom. The molecule has 0 aliphatic carbocycles. The van der Waals surface area contributed by atoms with Crippen LogP contribution in [0.25, 0.3) is 11.5 Å². The van der Waals surface area contributed by atoms with Crippen LogP contribution in [0.1, 0.15) is 38.9 Å². The molecular formula is C23H19F3N6O3. The van der Waals surface area contributed by atoms with Crippen LogP contribution in [0.15, 0.2) is 67.5 Å². The predicted octanol–water partition coefficient (Wildman–Crippen LogP) is 3.58. The van der Waals surface area contributed by atoms with Crippen molar-refractivity contribution in [2.75, 3.05) is 6.61 Å². The van der Waals surface area contributed by atoms with Crippen LogP contribution in [0.4, 0.5) is 13.2 Å². The van der Waals surface area contributed by atoms with Gasteiger partial charge in [0, 0.05) is 36.3 Å². The quantitative estimate of drug-likeness (QED) is 0.402. The third-order valence-electron chi connectivity index (χ3n) is 4.96. The number of hydrogen-bond acceptors (Lipinski definition) is 6. The molecule has 4 rings (SSSR count). The van der Waals surface area contributed by atoms with Crippen molar-refractivity contribution in [3.05, 3.63) is 89.9 Å². The Bertz CT molecular complexity index is 1330. The molecule has 0 aliphatic rings. The Balaban J connectivity index is 1.53. The van der Waals surface area contributed by atoms with E-state index in [1.165, 1.54) is 31.2 Å². The molecule has 0 radical (unpaired) electrons. The summed E-state index contributed by atoms with van der Waals surface area (Å²) in [6, 6.07) is 8.92. The van der Waals surface area contributed by atoms with E-state index in [1.54, 1.807) is 35.6 Å². The van der Waals surface area contributed by atoms with Crippen LogP contribution in [-0.4, -0.2) is 42.8 Å². The third kappa shape index (κ3) is 5.05. The molecule has 3 heterocycles. The minimum Gasteiger partial charge on any atom is -0.462 e. The van der Waals surface area contributed by atoms with Crippen LogP contribution in [-0.2, 0) is 17.5 Å². The molecule has 12 heteroatoms. The minimum absolute atomic E-state index is 0.0269. The second-order valence-corrected chi connectivity index (χ2v) is 7.22. The number of hydrogen-bond donors (Lipinski definition) is 1. The zero-order valence-corrected chi connectivity index (χ0v) is 18.4. The summed E-state index contributed by atoms with van der Waals surface area (Å²) in [5.74, 6) is -0.940. The molecule has 0 atom stereocenters. The average molecular weight is 484 g/mol. The lowest BCUT2D eigenvalue weighted by Gasteiger charge is -2.13. The molecule has 0 spiro atoms. The maximum absolute atomic E-state index is 13.7. The van der Waals surface area contributed by atoms with Crippen LogP contribution < -0.4 is 5.32 Å². The summed E-state index contributed by atoms with van der Waals surface area (Å²) in [6.45, 7) is 1.59. The van der Waals surface area contributed by atoms with Crippen LogP contribution in [0.2, 0.25) is 0 Å². The monoisotopic (exact) mass is 484 g/mol. The zero-order chi connectivity index (χ0) is 25.0. The number of ether oxygens (including phenoxy) is 1. The van der Waals surface area contributed by atoms with E-state index < -0.39 is 29.3 Å². The molecule has 0 saturated carbocycles. The topological polar surface area (TPSA) is 104 Å². The number of carbonyl (C=O) groups excluding carboxylic acids is 2. The Kier molecular flexibility index (Phi) is 6.62. The van der Waals surface area contributed by atoms with E-state index in [4.69, 9.17) is 4.74 Å². The fraction of sp³-hybridized carbons (Fsp3) is 0.174. The molecule has 4 aromatic rings. The number of nitrogens with zero attached hydrogens (tertiary/aromatic N) is 5. The lowest BCUT2D eigenvalue weighted by atomic mass is 10.1. The fourth-order valence-corrected chi connectivity index (χ4v) is 3.39. The minimum atomic E-state index is -4.86. The van der Waals surface area contributed by atoms with Crippen LogP contribution in [0, 0.1) is 0 Å². The van der Waals surface area contributed by atoms with Crippen molar-refractivity contribution >= 4 is 11.9 Å². The number of pyridine rings is 1. The number of alkyl halides is 3. The number of esters is 1. The van der Waals surface area contributed by atoms with Gasteiger partial charge in [0.2, 0.25) is 0 Å². The van der Waals surface area contributed by atoms with E-state index in [2.05, 4.69) is 20.4 Å². The maximum Gasteiger partial charge on any atom is 0.434 e. The van der Waals surface area contributed by atoms with Crippen LogP contribution in [0.5, 0.6) is 0 Å². The summed E-state index contributed by atoms with van der Waals surface area (Å²) in [5.41, 5.74) is -0.941. The van der Waals surface area contributed by atoms with Crippen molar-refractivity contribution < 1.29 is 27.5 Å². The number of amides is 1. The molecule has 0 aliphatic heterocycles. The Morgan fingerprint density at radius 1 is 1.11 bits per heavy atom. The van der Waals surface area contributed by atoms with E-state index in [-0.39, 0.29) is 24.4 Å². The summed E-state index contributed by atoms with van der Waals surface area (Å²) in [5, 5.41) is 6.49. The second-order valence-electron chi connectivity index (χ2n) is 7.22. The largest absolute Gasteiger partial charge is 0.462 e. The fourth-order valence-electron chi connectivity index (χ4n) is 3.39. The first kappa shape index (κ1) is 23.7. The predicted molar refractivity (Wildman–Crippen MR) is 117 cm³/mol. The first-order chi connectivity index (χ1) is 16.8. The molecule has 0 saturated heterocycles. The first-order valence-electron chi connectivity index (χ1n) is 10.4. The van der Waals surface area contributed by atoms with Crippen LogP contribution >= 0.6 is 0 Å². The highest BCUT2D eigenvalue weighted by molar-refractivity contribution is 5.94. The molecule has 3 aromatic heterocycles. The molecule has 0 unspecified atom stereocenters. The van der Waals surface area contributed by atoms with E-state index in [0.717, 1.165) is 11.8 Å². The highest BCUT2D eigenvalue weighted by Crippen LogP contribution is 2.34. The van der Waals surface area contributed by atoms with Gasteiger partial charge in [0.1, 0.15) is 17.7 Å². The standard InChI is InChI=1S/C23H19F3N6O3/c1-2-35-22(34)18-13-30-32(19(18)23(24,25)26)17-7-5-15(6-8-17)21(33)29-12-16-4-3-9-28-20(16)31-11-10-27-14-31/h3-11,13-14H,2,12H2,1H3,(H,29,33). The van der Waals surface area contributed by atoms with Gasteiger partial charge in [0.15, 0.2) is 5.69 Å². The number of carbonyl (C=O) groups is 2. The van der Waals surface area contributed by atoms with Gasteiger partial charge >= 0.3 is 12.1 Å². The lowest BCUT2D eigenvalue weighted by molar-refractivity contribution is -0.143. The van der Waals surface area contributed by atoms with Gasteiger partial charge in [-0.1, -0.05) is 6.07 Å². The van der Waals surface area contributed by atoms with E-state index in [9.17, 15) is 22.8 Å². The van der Waals surface area contributed by atoms with E-state index in [1.807, 2.05) is 6.07 Å². The van der Waals surface area contributed by atoms with Gasteiger partial charge in [-0.15, -0.1) is 0 Å². The molecule has 1 amide bonds. The van der Waals surface area contributed by atoms with Crippen molar-refractivity contribution in [1.29, 1.82) is 0 Å². The van der Waals surface area contributed by atoms with E-state index in [0.29, 0.717) is 10.5 Å². The van der Waals surface area contributed by atoms with E-state index >= 15 is 0 Å². The summed E-state index contributed by atoms with van der Waals surface area (Å²) in [7, 11) is 0. The highest BCUT2D eigenvalue weighted by Gasteiger charge is 2.41. The number of benzene rings is 1. The Labute approximate surface area is 197 Å². The first-order valence-corrected chi connectivity index (χ1v) is 10.4. The summed E-state index contributed by atoms with van der Waals surface area (Å²) < 4.78 is 48.1. The molecule has 0 fully saturated rings. The zero-order valence-electron chi connectivity index (χ0n) is 18.4. The Hall–Kier alpha value is -4.48. The summed E-state index contributed by atoms with van der Waals surface area (Å²) in [4.78, 5) is 32.9. The number of rotatable bonds is 7. The van der Waals surface area contributed by atoms with Gasteiger partial charge in [0.25, 0.3) is 5.91 Å². The molecular weight excluding hydrogens is 465 g/mol. The van der Waals surface area contributed by atoms with Crippen LogP contribution in [0.3, 0.4) is 0 Å². The van der Waals surface area contributed by atoms with Gasteiger partial charge < -0.3 is 10.1 Å². The maximum atomic E-state index is 13.7. The number of imidazole rings is 1. The molecule has 9 nitrogen and oxygen atoms in total. The SMILES string of the molecule is CCOC(=O)c1cnn(-c2ccc(C(=O)NCc3cccnc3-n3ccnc3)cc2)c1C(F)(F)F. The smallest absolute Gasteiger partial charge is 0.434 e. The Morgan fingerprint density at radius 3 is 2.54 bits per heavy atom. The number of aromatic nitrogens is 5. The van der Waals surface area contributed by atoms with Crippen molar-refractivity contribution in [1.82, 2.24) is 29.6 Å². The summed E-state index contributed by atoms with van der Waals surface area (Å²) >= 11 is 0. The van der Waals surface area contributed by atoms with Crippen molar-refractivity contribution in [2.45, 2.75) is 19.6 Å². The molecule has 1 aromatic carbocycles. The van der Waals surface area contributed by atoms with Gasteiger partial charge in [-0.2, -0.15) is 18.3 Å². The molecule has 1 N–H and O–H groups in total. The van der Waals surface area contributed by atoms with Gasteiger partial charge in [0.05, 0.1) is 18.5 Å². The van der Waals surface area contributed by atoms with Gasteiger partial charge in [-0.25, -0.2) is 19.4 Å². The molecule has 0 bridgehead atoms. The van der Waals surface area contributed by atoms with Gasteiger partial charge in [-0.05, 0) is 37.3 Å². The molecule has 35 heavy (non-hydrogen) atoms. The number of halogens is 3.